The zero-order valence-electron chi connectivity index (χ0n) is 15.7. The average Bonchev–Trinajstić information content (AvgIpc) is 2.49. The van der Waals surface area contributed by atoms with Crippen LogP contribution in [0.15, 0.2) is 0 Å². The summed E-state index contributed by atoms with van der Waals surface area (Å²) in [6, 6.07) is 0. The molecule has 0 spiro atoms. The van der Waals surface area contributed by atoms with E-state index in [0.29, 0.717) is 11.8 Å². The fourth-order valence-electron chi connectivity index (χ4n) is 2.41. The Morgan fingerprint density at radius 3 is 1.79 bits per heavy atom. The lowest BCUT2D eigenvalue weighted by Crippen LogP contribution is -2.61. The maximum Gasteiger partial charge on any atom is 0.303 e. The smallest absolute Gasteiger partial charge is 0.303 e. The third-order valence-electron chi connectivity index (χ3n) is 3.19. The number of carbonyl (C=O) groups excluding carboxylic acids is 4. The maximum absolute atomic E-state index is 11.6. The van der Waals surface area contributed by atoms with Gasteiger partial charge in [-0.3, -0.25) is 24.6 Å². The lowest BCUT2D eigenvalue weighted by molar-refractivity contribution is -0.237. The fraction of sp³-hybridized carbons (Fsp3) is 0.667. The highest BCUT2D eigenvalue weighted by Crippen LogP contribution is 2.34. The van der Waals surface area contributed by atoms with Gasteiger partial charge in [0.15, 0.2) is 28.9 Å². The van der Waals surface area contributed by atoms with Gasteiger partial charge in [0.1, 0.15) is 12.7 Å². The van der Waals surface area contributed by atoms with Crippen LogP contribution in [0, 0.1) is 5.41 Å². The van der Waals surface area contributed by atoms with Crippen molar-refractivity contribution in [3.63, 3.8) is 0 Å². The summed E-state index contributed by atoms with van der Waals surface area (Å²) in [4.78, 5) is 45.7. The van der Waals surface area contributed by atoms with Crippen LogP contribution in [0.3, 0.4) is 0 Å². The highest BCUT2D eigenvalue weighted by molar-refractivity contribution is 8.93. The Kier molecular flexibility index (Phi) is 11.1. The van der Waals surface area contributed by atoms with Gasteiger partial charge in [-0.05, 0) is 0 Å². The number of halogens is 1. The maximum atomic E-state index is 11.6. The van der Waals surface area contributed by atoms with Gasteiger partial charge in [0.05, 0.1) is 0 Å². The molecule has 1 heterocycles. The second kappa shape index (κ2) is 11.9. The Morgan fingerprint density at radius 1 is 0.893 bits per heavy atom. The number of nitrogens with one attached hydrogen (secondary N) is 1. The summed E-state index contributed by atoms with van der Waals surface area (Å²) in [7, 11) is 0. The van der Waals surface area contributed by atoms with E-state index < -0.39 is 53.7 Å². The van der Waals surface area contributed by atoms with Gasteiger partial charge in [-0.2, -0.15) is 0 Å². The minimum Gasteiger partial charge on any atom is -0.463 e. The van der Waals surface area contributed by atoms with Gasteiger partial charge in [-0.15, -0.1) is 17.0 Å². The first kappa shape index (κ1) is 26.1. The molecule has 0 saturated carbocycles. The molecule has 0 radical (unpaired) electrons. The van der Waals surface area contributed by atoms with Crippen LogP contribution in [0.25, 0.3) is 0 Å². The molecule has 0 aromatic rings. The van der Waals surface area contributed by atoms with Crippen molar-refractivity contribution in [2.24, 2.45) is 5.73 Å². The van der Waals surface area contributed by atoms with E-state index in [1.165, 1.54) is 6.92 Å². The second-order valence-corrected chi connectivity index (χ2v) is 6.69. The van der Waals surface area contributed by atoms with Crippen molar-refractivity contribution in [2.75, 3.05) is 6.61 Å². The zero-order valence-corrected chi connectivity index (χ0v) is 18.2. The molecule has 3 N–H and O–H groups in total. The number of thioether (sulfide) groups is 1. The second-order valence-electron chi connectivity index (χ2n) is 5.55. The third-order valence-corrected chi connectivity index (χ3v) is 4.06. The van der Waals surface area contributed by atoms with Crippen molar-refractivity contribution in [2.45, 2.75) is 57.5 Å². The summed E-state index contributed by atoms with van der Waals surface area (Å²) in [5.74, 6) is -2.76. The topological polar surface area (TPSA) is 164 Å². The first-order valence-corrected chi connectivity index (χ1v) is 8.70. The Labute approximate surface area is 176 Å². The molecule has 0 aromatic carbocycles. The van der Waals surface area contributed by atoms with Crippen LogP contribution < -0.4 is 5.73 Å². The van der Waals surface area contributed by atoms with Crippen molar-refractivity contribution in [3.05, 3.63) is 0 Å². The standard InChI is InChI=1S/C15H22N2O9S.BrH/c1-6(18)22-5-10-11(23-7(2)19)12(24-8(3)20)13(25-9(4)21)14(26-10)27-15(16)17;/h10-14H,5H2,1-4H3,(H3,16,17);1H. The van der Waals surface area contributed by atoms with Crippen LogP contribution in [0.1, 0.15) is 27.7 Å². The molecule has 1 aliphatic rings. The first-order chi connectivity index (χ1) is 12.5. The molecule has 0 bridgehead atoms. The highest BCUT2D eigenvalue weighted by Gasteiger charge is 2.52. The molecule has 13 heteroatoms. The number of ether oxygens (including phenoxy) is 5. The molecule has 1 saturated heterocycles. The van der Waals surface area contributed by atoms with Gasteiger partial charge >= 0.3 is 23.9 Å². The molecular weight excluding hydrogens is 464 g/mol. The van der Waals surface area contributed by atoms with E-state index in [1.807, 2.05) is 0 Å². The number of hydrogen-bond donors (Lipinski definition) is 2. The van der Waals surface area contributed by atoms with Crippen molar-refractivity contribution in [1.29, 1.82) is 5.41 Å². The van der Waals surface area contributed by atoms with E-state index in [2.05, 4.69) is 0 Å². The number of rotatable bonds is 6. The number of nitrogens with two attached hydrogens (primary N) is 1. The summed E-state index contributed by atoms with van der Waals surface area (Å²) >= 11 is 0.705. The van der Waals surface area contributed by atoms with Gasteiger partial charge in [0, 0.05) is 27.7 Å². The molecule has 0 amide bonds. The number of amidine groups is 1. The van der Waals surface area contributed by atoms with Crippen LogP contribution in [0.4, 0.5) is 0 Å². The van der Waals surface area contributed by atoms with Crippen LogP contribution in [-0.4, -0.2) is 65.5 Å². The van der Waals surface area contributed by atoms with Gasteiger partial charge in [0.2, 0.25) is 0 Å². The predicted molar refractivity (Wildman–Crippen MR) is 102 cm³/mol. The molecule has 160 valence electrons. The molecule has 0 aromatic heterocycles. The van der Waals surface area contributed by atoms with Crippen LogP contribution >= 0.6 is 28.7 Å². The average molecular weight is 487 g/mol. The lowest BCUT2D eigenvalue weighted by Gasteiger charge is -2.43. The largest absolute Gasteiger partial charge is 0.463 e. The van der Waals surface area contributed by atoms with Gasteiger partial charge in [0.25, 0.3) is 0 Å². The van der Waals surface area contributed by atoms with Crippen molar-refractivity contribution >= 4 is 57.8 Å². The van der Waals surface area contributed by atoms with Gasteiger partial charge < -0.3 is 29.4 Å². The van der Waals surface area contributed by atoms with E-state index >= 15 is 0 Å². The van der Waals surface area contributed by atoms with Crippen LogP contribution in [0.5, 0.6) is 0 Å². The minimum absolute atomic E-state index is 0. The van der Waals surface area contributed by atoms with E-state index in [0.717, 1.165) is 20.8 Å². The first-order valence-electron chi connectivity index (χ1n) is 7.82. The monoisotopic (exact) mass is 486 g/mol. The summed E-state index contributed by atoms with van der Waals surface area (Å²) in [5, 5.41) is 7.10. The van der Waals surface area contributed by atoms with Gasteiger partial charge in [-0.25, -0.2) is 0 Å². The lowest BCUT2D eigenvalue weighted by atomic mass is 9.99. The van der Waals surface area contributed by atoms with E-state index in [4.69, 9.17) is 34.8 Å². The molecule has 1 fully saturated rings. The Hall–Kier alpha value is -1.86. The third kappa shape index (κ3) is 8.44. The van der Waals surface area contributed by atoms with E-state index in [1.54, 1.807) is 0 Å². The Morgan fingerprint density at radius 2 is 1.36 bits per heavy atom. The van der Waals surface area contributed by atoms with Crippen molar-refractivity contribution < 1.29 is 42.9 Å². The zero-order chi connectivity index (χ0) is 20.7. The van der Waals surface area contributed by atoms with Crippen LogP contribution in [0.2, 0.25) is 0 Å². The summed E-state index contributed by atoms with van der Waals surface area (Å²) in [6.45, 7) is 4.24. The highest BCUT2D eigenvalue weighted by atomic mass is 79.9. The number of carbonyl (C=O) groups is 4. The number of hydrogen-bond acceptors (Lipinski definition) is 11. The molecule has 11 nitrogen and oxygen atoms in total. The molecule has 5 unspecified atom stereocenters. The Bertz CT molecular complexity index is 618. The quantitative estimate of drug-likeness (QED) is 0.229. The minimum atomic E-state index is -1.26. The van der Waals surface area contributed by atoms with E-state index in [9.17, 15) is 19.2 Å². The van der Waals surface area contributed by atoms with Crippen molar-refractivity contribution in [1.82, 2.24) is 0 Å². The van der Waals surface area contributed by atoms with Crippen molar-refractivity contribution in [3.8, 4) is 0 Å². The summed E-state index contributed by atoms with van der Waals surface area (Å²) in [6.07, 6.45) is -4.76. The van der Waals surface area contributed by atoms with Crippen LogP contribution in [-0.2, 0) is 42.9 Å². The summed E-state index contributed by atoms with van der Waals surface area (Å²) in [5.41, 5.74) is 4.33. The molecule has 1 aliphatic heterocycles. The fourth-order valence-corrected chi connectivity index (χ4v) is 3.20. The molecule has 28 heavy (non-hydrogen) atoms. The predicted octanol–water partition coefficient (Wildman–Crippen LogP) is 0.274. The van der Waals surface area contributed by atoms with E-state index in [-0.39, 0.29) is 28.8 Å². The number of esters is 4. The Balaban J connectivity index is 0.00000729. The normalized spacial score (nSPS) is 26.2. The molecule has 5 atom stereocenters. The molecule has 1 rings (SSSR count). The van der Waals surface area contributed by atoms with Gasteiger partial charge in [-0.1, -0.05) is 11.8 Å². The summed E-state index contributed by atoms with van der Waals surface area (Å²) < 4.78 is 26.2. The molecule has 0 aliphatic carbocycles. The molecular formula is C15H23BrN2O9S. The SMILES string of the molecule is Br.CC(=O)OCC1OC(SC(=N)N)C(OC(C)=O)C(OC(C)=O)C1OC(C)=O.